The number of rotatable bonds is 4. The quantitative estimate of drug-likeness (QED) is 0.904. The van der Waals surface area contributed by atoms with Crippen LogP contribution >= 0.6 is 11.3 Å². The summed E-state index contributed by atoms with van der Waals surface area (Å²) in [5.74, 6) is 1.11. The third-order valence-corrected chi connectivity index (χ3v) is 3.21. The number of nitrogens with zero attached hydrogens (tertiary/aromatic N) is 2. The zero-order chi connectivity index (χ0) is 12.3. The Bertz CT molecular complexity index is 510. The van der Waals surface area contributed by atoms with Gasteiger partial charge in [0.2, 0.25) is 0 Å². The molecule has 0 aliphatic heterocycles. The molecule has 0 bridgehead atoms. The number of aryl methyl sites for hydroxylation is 1. The molecule has 2 rings (SSSR count). The number of thiophene rings is 1. The largest absolute Gasteiger partial charge is 0.384 e. The minimum Gasteiger partial charge on any atom is -0.384 e. The molecule has 0 saturated heterocycles. The van der Waals surface area contributed by atoms with E-state index in [1.807, 2.05) is 18.4 Å². The maximum Gasteiger partial charge on any atom is 0.157 e. The van der Waals surface area contributed by atoms with E-state index in [1.165, 1.54) is 4.88 Å². The van der Waals surface area contributed by atoms with E-state index in [2.05, 4.69) is 16.9 Å². The molecule has 2 aromatic heterocycles. The van der Waals surface area contributed by atoms with E-state index in [-0.39, 0.29) is 0 Å². The van der Waals surface area contributed by atoms with Crippen molar-refractivity contribution >= 4 is 17.2 Å². The van der Waals surface area contributed by atoms with E-state index in [1.54, 1.807) is 17.4 Å². The predicted molar refractivity (Wildman–Crippen MR) is 69.8 cm³/mol. The van der Waals surface area contributed by atoms with Crippen LogP contribution in [0.25, 0.3) is 11.3 Å². The van der Waals surface area contributed by atoms with E-state index in [4.69, 9.17) is 10.5 Å². The van der Waals surface area contributed by atoms with E-state index < -0.39 is 0 Å². The number of ether oxygens (including phenoxy) is 1. The first-order chi connectivity index (χ1) is 8.20. The Balaban J connectivity index is 2.35. The molecule has 5 heteroatoms. The van der Waals surface area contributed by atoms with Gasteiger partial charge in [-0.25, -0.2) is 9.97 Å². The fraction of sp³-hybridized carbons (Fsp3) is 0.333. The van der Waals surface area contributed by atoms with E-state index in [0.717, 1.165) is 11.3 Å². The lowest BCUT2D eigenvalue weighted by atomic mass is 10.2. The van der Waals surface area contributed by atoms with Crippen LogP contribution in [0.4, 0.5) is 5.82 Å². The van der Waals surface area contributed by atoms with Crippen LogP contribution in [-0.4, -0.2) is 16.6 Å². The summed E-state index contributed by atoms with van der Waals surface area (Å²) in [7, 11) is 0. The highest BCUT2D eigenvalue weighted by Gasteiger charge is 2.08. The van der Waals surface area contributed by atoms with Crippen LogP contribution in [0.5, 0.6) is 0 Å². The van der Waals surface area contributed by atoms with Crippen LogP contribution in [-0.2, 0) is 11.3 Å². The van der Waals surface area contributed by atoms with Gasteiger partial charge in [-0.05, 0) is 25.3 Å². The van der Waals surface area contributed by atoms with Crippen LogP contribution in [0, 0.1) is 6.92 Å². The molecule has 0 unspecified atom stereocenters. The van der Waals surface area contributed by atoms with Gasteiger partial charge in [-0.15, -0.1) is 11.3 Å². The summed E-state index contributed by atoms with van der Waals surface area (Å²) in [6, 6.07) is 3.84. The molecule has 0 aliphatic rings. The molecule has 17 heavy (non-hydrogen) atoms. The second-order valence-electron chi connectivity index (χ2n) is 3.62. The molecule has 2 heterocycles. The molecule has 0 aromatic carbocycles. The summed E-state index contributed by atoms with van der Waals surface area (Å²) >= 11 is 1.70. The molecule has 0 radical (unpaired) electrons. The van der Waals surface area contributed by atoms with Crippen molar-refractivity contribution in [2.24, 2.45) is 0 Å². The Morgan fingerprint density at radius 1 is 1.41 bits per heavy atom. The molecule has 0 fully saturated rings. The first kappa shape index (κ1) is 12.0. The zero-order valence-electron chi connectivity index (χ0n) is 9.93. The van der Waals surface area contributed by atoms with Crippen molar-refractivity contribution in [2.75, 3.05) is 12.3 Å². The Morgan fingerprint density at radius 2 is 2.24 bits per heavy atom. The van der Waals surface area contributed by atoms with Gasteiger partial charge in [0.05, 0.1) is 5.69 Å². The Hall–Kier alpha value is -1.46. The molecule has 0 amide bonds. The van der Waals surface area contributed by atoms with Crippen LogP contribution in [0.1, 0.15) is 17.6 Å². The van der Waals surface area contributed by atoms with Gasteiger partial charge in [0.15, 0.2) is 5.82 Å². The Morgan fingerprint density at radius 3 is 2.88 bits per heavy atom. The standard InChI is InChI=1S/C12H15N3OS/c1-3-16-7-12-14-10(6-11(13)15-12)9-4-5-17-8(9)2/h4-6H,3,7H2,1-2H3,(H2,13,14,15). The van der Waals surface area contributed by atoms with Gasteiger partial charge in [0.1, 0.15) is 12.4 Å². The maximum atomic E-state index is 5.78. The van der Waals surface area contributed by atoms with E-state index in [0.29, 0.717) is 24.9 Å². The fourth-order valence-electron chi connectivity index (χ4n) is 1.56. The average Bonchev–Trinajstić information content (AvgIpc) is 2.72. The highest BCUT2D eigenvalue weighted by atomic mass is 32.1. The zero-order valence-corrected chi connectivity index (χ0v) is 10.8. The minimum atomic E-state index is 0.401. The molecular weight excluding hydrogens is 234 g/mol. The summed E-state index contributed by atoms with van der Waals surface area (Å²) in [5.41, 5.74) is 7.76. The van der Waals surface area contributed by atoms with Crippen molar-refractivity contribution in [1.82, 2.24) is 9.97 Å². The summed E-state index contributed by atoms with van der Waals surface area (Å²) < 4.78 is 5.30. The number of nitrogens with two attached hydrogens (primary N) is 1. The van der Waals surface area contributed by atoms with Crippen LogP contribution in [0.3, 0.4) is 0 Å². The van der Waals surface area contributed by atoms with Gasteiger partial charge in [0.25, 0.3) is 0 Å². The summed E-state index contributed by atoms with van der Waals surface area (Å²) in [6.07, 6.45) is 0. The molecule has 0 spiro atoms. The summed E-state index contributed by atoms with van der Waals surface area (Å²) in [5, 5.41) is 2.05. The van der Waals surface area contributed by atoms with Gasteiger partial charge in [-0.1, -0.05) is 0 Å². The van der Waals surface area contributed by atoms with E-state index in [9.17, 15) is 0 Å². The van der Waals surface area contributed by atoms with Crippen molar-refractivity contribution in [3.8, 4) is 11.3 Å². The minimum absolute atomic E-state index is 0.401. The molecular formula is C12H15N3OS. The third kappa shape index (κ3) is 2.81. The topological polar surface area (TPSA) is 61.0 Å². The highest BCUT2D eigenvalue weighted by molar-refractivity contribution is 7.10. The van der Waals surface area contributed by atoms with Gasteiger partial charge < -0.3 is 10.5 Å². The Labute approximate surface area is 104 Å². The molecule has 4 nitrogen and oxygen atoms in total. The second-order valence-corrected chi connectivity index (χ2v) is 4.74. The van der Waals surface area contributed by atoms with Gasteiger partial charge in [0, 0.05) is 23.1 Å². The number of anilines is 1. The number of aromatic nitrogens is 2. The van der Waals surface area contributed by atoms with Crippen molar-refractivity contribution in [2.45, 2.75) is 20.5 Å². The summed E-state index contributed by atoms with van der Waals surface area (Å²) in [6.45, 7) is 5.06. The Kier molecular flexibility index (Phi) is 3.71. The average molecular weight is 249 g/mol. The van der Waals surface area contributed by atoms with Gasteiger partial charge in [-0.2, -0.15) is 0 Å². The number of nitrogen functional groups attached to an aromatic ring is 1. The first-order valence-electron chi connectivity index (χ1n) is 5.46. The lowest BCUT2D eigenvalue weighted by Crippen LogP contribution is -2.03. The molecule has 0 atom stereocenters. The number of hydrogen-bond acceptors (Lipinski definition) is 5. The molecule has 0 aliphatic carbocycles. The third-order valence-electron chi connectivity index (χ3n) is 2.36. The lowest BCUT2D eigenvalue weighted by molar-refractivity contribution is 0.128. The van der Waals surface area contributed by atoms with Crippen molar-refractivity contribution in [1.29, 1.82) is 0 Å². The summed E-state index contributed by atoms with van der Waals surface area (Å²) in [4.78, 5) is 9.85. The lowest BCUT2D eigenvalue weighted by Gasteiger charge is -2.05. The van der Waals surface area contributed by atoms with Crippen LogP contribution < -0.4 is 5.73 Å². The molecule has 2 aromatic rings. The normalized spacial score (nSPS) is 10.7. The van der Waals surface area contributed by atoms with E-state index >= 15 is 0 Å². The second kappa shape index (κ2) is 5.25. The maximum absolute atomic E-state index is 5.78. The molecule has 90 valence electrons. The van der Waals surface area contributed by atoms with Gasteiger partial charge >= 0.3 is 0 Å². The molecule has 0 saturated carbocycles. The van der Waals surface area contributed by atoms with Crippen molar-refractivity contribution in [3.05, 3.63) is 28.2 Å². The smallest absolute Gasteiger partial charge is 0.157 e. The fourth-order valence-corrected chi connectivity index (χ4v) is 2.27. The van der Waals surface area contributed by atoms with Crippen LogP contribution in [0.15, 0.2) is 17.5 Å². The highest BCUT2D eigenvalue weighted by Crippen LogP contribution is 2.26. The van der Waals surface area contributed by atoms with Crippen molar-refractivity contribution < 1.29 is 4.74 Å². The first-order valence-corrected chi connectivity index (χ1v) is 6.34. The van der Waals surface area contributed by atoms with Crippen LogP contribution in [0.2, 0.25) is 0 Å². The van der Waals surface area contributed by atoms with Crippen molar-refractivity contribution in [3.63, 3.8) is 0 Å². The number of hydrogen-bond donors (Lipinski definition) is 1. The monoisotopic (exact) mass is 249 g/mol. The van der Waals surface area contributed by atoms with Gasteiger partial charge in [-0.3, -0.25) is 0 Å². The SMILES string of the molecule is CCOCc1nc(N)cc(-c2ccsc2C)n1. The molecule has 2 N–H and O–H groups in total. The predicted octanol–water partition coefficient (Wildman–Crippen LogP) is 2.63.